The molecule has 0 amide bonds. The molecule has 0 aliphatic carbocycles. The maximum atomic E-state index is 4.93. The van der Waals surface area contributed by atoms with Crippen LogP contribution in [-0.2, 0) is 27.3 Å². The van der Waals surface area contributed by atoms with Crippen LogP contribution in [0.15, 0.2) is 42.5 Å². The van der Waals surface area contributed by atoms with Crippen molar-refractivity contribution in [1.82, 2.24) is 0 Å². The minimum absolute atomic E-state index is 0.826. The Kier molecular flexibility index (Phi) is 9.35. The molecule has 0 aromatic heterocycles. The molecule has 30 heavy (non-hydrogen) atoms. The summed E-state index contributed by atoms with van der Waals surface area (Å²) in [7, 11) is 7.10. The summed E-state index contributed by atoms with van der Waals surface area (Å²) in [5, 5.41) is 6.02. The van der Waals surface area contributed by atoms with E-state index in [1.54, 1.807) is 10.4 Å². The fourth-order valence-corrected chi connectivity index (χ4v) is 6.43. The molecule has 3 aromatic rings. The van der Waals surface area contributed by atoms with Crippen LogP contribution in [0.5, 0.6) is 0 Å². The summed E-state index contributed by atoms with van der Waals surface area (Å²) < 4.78 is 0. The van der Waals surface area contributed by atoms with Gasteiger partial charge in [0.1, 0.15) is 0 Å². The summed E-state index contributed by atoms with van der Waals surface area (Å²) in [6.07, 6.45) is 2.34. The van der Waals surface area contributed by atoms with E-state index in [1.807, 2.05) is 0 Å². The summed E-state index contributed by atoms with van der Waals surface area (Å²) >= 11 is -0.826. The summed E-state index contributed by atoms with van der Waals surface area (Å²) in [6, 6.07) is 17.0. The predicted molar refractivity (Wildman–Crippen MR) is 141 cm³/mol. The Balaban J connectivity index is 0.00000101. The van der Waals surface area contributed by atoms with E-state index in [0.29, 0.717) is 0 Å². The molecule has 3 aromatic carbocycles. The molecule has 0 aliphatic rings. The van der Waals surface area contributed by atoms with Crippen LogP contribution in [0.3, 0.4) is 0 Å². The molecule has 0 saturated carbocycles. The molecule has 0 unspecified atom stereocenters. The van der Waals surface area contributed by atoms with Crippen LogP contribution in [0.25, 0.3) is 21.9 Å². The fourth-order valence-electron chi connectivity index (χ4n) is 3.93. The van der Waals surface area contributed by atoms with Crippen molar-refractivity contribution in [2.45, 2.75) is 66.0 Å². The van der Waals surface area contributed by atoms with Gasteiger partial charge in [-0.25, -0.2) is 0 Å². The number of rotatable bonds is 5. The number of aryl methyl sites for hydroxylation is 2. The fraction of sp³-hybridized carbons (Fsp3) is 0.400. The molecule has 162 valence electrons. The molecule has 0 heterocycles. The van der Waals surface area contributed by atoms with Crippen LogP contribution in [0.1, 0.15) is 24.5 Å². The molecule has 0 spiro atoms. The van der Waals surface area contributed by atoms with Crippen LogP contribution in [-0.4, -0.2) is 16.1 Å². The van der Waals surface area contributed by atoms with Gasteiger partial charge < -0.3 is 0 Å². The summed E-state index contributed by atoms with van der Waals surface area (Å²) in [5.41, 5.74) is 5.81. The first kappa shape index (κ1) is 26.2. The second-order valence-corrected chi connectivity index (χ2v) is 24.1. The topological polar surface area (TPSA) is 0 Å². The van der Waals surface area contributed by atoms with Crippen LogP contribution in [0.4, 0.5) is 0 Å². The van der Waals surface area contributed by atoms with Gasteiger partial charge >= 0.3 is 37.9 Å². The number of hydrogen-bond acceptors (Lipinski definition) is 0. The van der Waals surface area contributed by atoms with E-state index in [2.05, 4.69) is 95.6 Å². The first-order chi connectivity index (χ1) is 13.9. The van der Waals surface area contributed by atoms with Gasteiger partial charge in [-0.1, -0.05) is 99.2 Å². The molecular weight excluding hydrogens is 519 g/mol. The second-order valence-electron chi connectivity index (χ2n) is 10.3. The molecular formula is C25H35Cl2Si2Zr-. The summed E-state index contributed by atoms with van der Waals surface area (Å²) in [5.74, 6) is 0. The van der Waals surface area contributed by atoms with Crippen LogP contribution in [0, 0.1) is 6.92 Å². The molecule has 3 rings (SSSR count). The first-order valence-corrected chi connectivity index (χ1v) is 24.1. The van der Waals surface area contributed by atoms with Gasteiger partial charge in [0.2, 0.25) is 0 Å². The molecule has 0 nitrogen and oxygen atoms in total. The van der Waals surface area contributed by atoms with E-state index in [9.17, 15) is 0 Å². The average molecular weight is 554 g/mol. The molecule has 0 bridgehead atoms. The summed E-state index contributed by atoms with van der Waals surface area (Å²) in [4.78, 5) is 0. The Hall–Kier alpha value is -0.0531. The van der Waals surface area contributed by atoms with E-state index in [0.717, 1.165) is 6.42 Å². The van der Waals surface area contributed by atoms with E-state index >= 15 is 0 Å². The van der Waals surface area contributed by atoms with E-state index < -0.39 is 37.0 Å². The van der Waals surface area contributed by atoms with Crippen molar-refractivity contribution in [3.8, 4) is 11.1 Å². The molecule has 0 atom stereocenters. The van der Waals surface area contributed by atoms with Crippen molar-refractivity contribution in [2.75, 3.05) is 0 Å². The van der Waals surface area contributed by atoms with Gasteiger partial charge in [0.05, 0.1) is 16.1 Å². The molecule has 0 N–H and O–H groups in total. The van der Waals surface area contributed by atoms with Gasteiger partial charge in [0, 0.05) is 0 Å². The molecule has 0 fully saturated rings. The van der Waals surface area contributed by atoms with E-state index in [-0.39, 0.29) is 0 Å². The predicted octanol–water partition coefficient (Wildman–Crippen LogP) is 7.95. The van der Waals surface area contributed by atoms with Gasteiger partial charge in [-0.3, -0.25) is 0 Å². The van der Waals surface area contributed by atoms with Crippen molar-refractivity contribution < 1.29 is 20.8 Å². The van der Waals surface area contributed by atoms with Gasteiger partial charge in [-0.05, 0) is 12.0 Å². The summed E-state index contributed by atoms with van der Waals surface area (Å²) in [6.45, 7) is 19.3. The molecule has 0 radical (unpaired) electrons. The van der Waals surface area contributed by atoms with E-state index in [4.69, 9.17) is 17.0 Å². The number of halogens is 2. The Morgan fingerprint density at radius 3 is 1.87 bits per heavy atom. The Bertz CT molecular complexity index is 963. The Morgan fingerprint density at radius 1 is 0.867 bits per heavy atom. The quantitative estimate of drug-likeness (QED) is 0.222. The zero-order valence-corrected chi connectivity index (χ0v) is 25.7. The van der Waals surface area contributed by atoms with Crippen molar-refractivity contribution in [3.05, 3.63) is 53.6 Å². The Morgan fingerprint density at radius 2 is 1.40 bits per heavy atom. The number of fused-ring (bicyclic) bond motifs is 1. The van der Waals surface area contributed by atoms with Crippen molar-refractivity contribution in [3.63, 3.8) is 0 Å². The van der Waals surface area contributed by atoms with Crippen molar-refractivity contribution in [1.29, 1.82) is 0 Å². The Labute approximate surface area is 204 Å². The van der Waals surface area contributed by atoms with Crippen molar-refractivity contribution in [2.24, 2.45) is 0 Å². The number of benzene rings is 2. The monoisotopic (exact) mass is 551 g/mol. The maximum absolute atomic E-state index is 4.93. The molecule has 0 saturated heterocycles. The zero-order valence-electron chi connectivity index (χ0n) is 19.7. The zero-order chi connectivity index (χ0) is 22.7. The van der Waals surface area contributed by atoms with Crippen LogP contribution < -0.4 is 10.4 Å². The van der Waals surface area contributed by atoms with Gasteiger partial charge in [0.15, 0.2) is 0 Å². The second kappa shape index (κ2) is 10.7. The van der Waals surface area contributed by atoms with Gasteiger partial charge in [0.25, 0.3) is 0 Å². The number of hydrogen-bond donors (Lipinski definition) is 0. The third kappa shape index (κ3) is 6.48. The normalized spacial score (nSPS) is 11.9. The average Bonchev–Trinajstić information content (AvgIpc) is 3.01. The minimum atomic E-state index is -1.38. The first-order valence-electron chi connectivity index (χ1n) is 10.7. The third-order valence-corrected chi connectivity index (χ3v) is 9.64. The standard InChI is InChI=1S/C25H35Si2.2ClH.Zr/c1-9-10-19-11-12-20-13-18(2)14-24(20)25(19)21-15-22(26(3,4)5)17-23(16-21)27(6,7)8;;;/h11-17H,9-10H2,1-8H3;2*1H;/q-1;;;+2/p-2. The van der Waals surface area contributed by atoms with E-state index in [1.165, 1.54) is 39.4 Å². The third-order valence-electron chi connectivity index (χ3n) is 5.59. The van der Waals surface area contributed by atoms with Gasteiger partial charge in [-0.15, -0.1) is 34.5 Å². The van der Waals surface area contributed by atoms with Crippen LogP contribution >= 0.6 is 17.0 Å². The van der Waals surface area contributed by atoms with Crippen LogP contribution in [0.2, 0.25) is 39.3 Å². The van der Waals surface area contributed by atoms with Crippen molar-refractivity contribution >= 4 is 54.3 Å². The molecule has 5 heteroatoms. The van der Waals surface area contributed by atoms with Gasteiger partial charge in [-0.2, -0.15) is 6.07 Å². The SMILES string of the molecule is CCCc1ccc2[cH-]c(C)cc2c1-c1cc([Si](C)(C)C)cc([Si](C)(C)C)c1.[Cl][Zr][Cl]. The molecule has 0 aliphatic heterocycles.